The molecule has 0 aliphatic heterocycles. The molecule has 0 bridgehead atoms. The molecule has 0 aliphatic carbocycles. The molecule has 0 unspecified atom stereocenters. The van der Waals surface area contributed by atoms with E-state index >= 15 is 0 Å². The van der Waals surface area contributed by atoms with Crippen molar-refractivity contribution in [3.8, 4) is 5.75 Å². The predicted molar refractivity (Wildman–Crippen MR) is 99.8 cm³/mol. The summed E-state index contributed by atoms with van der Waals surface area (Å²) in [5, 5.41) is 13.4. The van der Waals surface area contributed by atoms with Gasteiger partial charge in [-0.3, -0.25) is 9.59 Å². The molecule has 0 saturated carbocycles. The Hall–Kier alpha value is -3.20. The van der Waals surface area contributed by atoms with E-state index in [2.05, 4.69) is 5.10 Å². The lowest BCUT2D eigenvalue weighted by Gasteiger charge is -2.10. The van der Waals surface area contributed by atoms with Crippen LogP contribution < -0.4 is 5.43 Å². The number of fused-ring (bicyclic) bond motifs is 1. The number of hydrogen-bond acceptors (Lipinski definition) is 5. The molecule has 1 heterocycles. The summed E-state index contributed by atoms with van der Waals surface area (Å²) < 4.78 is 40.5. The highest BCUT2D eigenvalue weighted by Gasteiger charge is 2.37. The van der Waals surface area contributed by atoms with Crippen molar-refractivity contribution in [3.63, 3.8) is 0 Å². The Morgan fingerprint density at radius 2 is 1.75 bits per heavy atom. The number of rotatable bonds is 5. The zero-order chi connectivity index (χ0) is 20.3. The lowest BCUT2D eigenvalue weighted by molar-refractivity contribution is -0.0605. The van der Waals surface area contributed by atoms with Crippen LogP contribution in [0.5, 0.6) is 5.75 Å². The first-order valence-corrected chi connectivity index (χ1v) is 8.81. The molecule has 1 aromatic heterocycles. The quantitative estimate of drug-likeness (QED) is 0.371. The molecule has 0 radical (unpaired) electrons. The minimum absolute atomic E-state index is 0.171. The summed E-state index contributed by atoms with van der Waals surface area (Å²) in [5.41, 5.74) is 0.0855. The molecule has 0 fully saturated rings. The maximum atomic E-state index is 13.3. The highest BCUT2D eigenvalue weighted by molar-refractivity contribution is 7.20. The average molecular weight is 406 g/mol. The lowest BCUT2D eigenvalue weighted by Crippen LogP contribution is -2.30. The average Bonchev–Trinajstić information content (AvgIpc) is 3.08. The number of ketones is 1. The van der Waals surface area contributed by atoms with Gasteiger partial charge in [0.15, 0.2) is 5.78 Å². The Bertz CT molecular complexity index is 1040. The number of amides is 1. The van der Waals surface area contributed by atoms with Crippen molar-refractivity contribution in [2.75, 3.05) is 0 Å². The summed E-state index contributed by atoms with van der Waals surface area (Å²) in [7, 11) is 0. The molecule has 2 N–H and O–H groups in total. The first-order chi connectivity index (χ1) is 13.3. The number of thiophene rings is 1. The summed E-state index contributed by atoms with van der Waals surface area (Å²) in [5.74, 6) is -2.17. The molecule has 9 heteroatoms. The fourth-order valence-electron chi connectivity index (χ4n) is 2.41. The minimum Gasteiger partial charge on any atom is -0.507 e. The maximum absolute atomic E-state index is 13.3. The van der Waals surface area contributed by atoms with Crippen molar-refractivity contribution in [3.05, 3.63) is 65.0 Å². The molecule has 0 aliphatic rings. The van der Waals surface area contributed by atoms with Crippen molar-refractivity contribution in [1.29, 1.82) is 0 Å². The van der Waals surface area contributed by atoms with E-state index in [1.807, 2.05) is 0 Å². The first-order valence-electron chi connectivity index (χ1n) is 7.99. The van der Waals surface area contributed by atoms with E-state index < -0.39 is 35.7 Å². The van der Waals surface area contributed by atoms with Crippen LogP contribution in [-0.2, 0) is 0 Å². The number of alkyl halides is 3. The number of phenols is 1. The summed E-state index contributed by atoms with van der Waals surface area (Å²) in [6.45, 7) is 0. The van der Waals surface area contributed by atoms with Crippen molar-refractivity contribution in [2.24, 2.45) is 5.10 Å². The summed E-state index contributed by atoms with van der Waals surface area (Å²) in [6, 6.07) is 13.9. The number of carbonyl (C=O) groups excluding carboxylic acids is 2. The molecule has 1 amide bonds. The summed E-state index contributed by atoms with van der Waals surface area (Å²) in [6.07, 6.45) is -5.92. The number of aromatic hydroxyl groups is 1. The molecule has 2 aromatic carbocycles. The Morgan fingerprint density at radius 1 is 1.07 bits per heavy atom. The highest BCUT2D eigenvalue weighted by Crippen LogP contribution is 2.28. The summed E-state index contributed by atoms with van der Waals surface area (Å²) in [4.78, 5) is 24.4. The Balaban J connectivity index is 1.80. The third kappa shape index (κ3) is 4.37. The second kappa shape index (κ2) is 7.81. The first kappa shape index (κ1) is 19.6. The van der Waals surface area contributed by atoms with Crippen LogP contribution in [0.1, 0.15) is 26.5 Å². The molecule has 3 aromatic rings. The molecular formula is C19H13F3N2O3S. The second-order valence-corrected chi connectivity index (χ2v) is 6.85. The van der Waals surface area contributed by atoms with Gasteiger partial charge in [-0.05, 0) is 29.7 Å². The SMILES string of the molecule is O=C(CC(=NNC(=O)c1ccccc1O)C(F)(F)F)c1cc2ccccc2s1. The Kier molecular flexibility index (Phi) is 5.46. The van der Waals surface area contributed by atoms with E-state index in [0.717, 1.165) is 21.4 Å². The van der Waals surface area contributed by atoms with E-state index in [9.17, 15) is 27.9 Å². The van der Waals surface area contributed by atoms with Gasteiger partial charge in [0.1, 0.15) is 11.5 Å². The lowest BCUT2D eigenvalue weighted by atomic mass is 10.1. The van der Waals surface area contributed by atoms with Crippen molar-refractivity contribution in [1.82, 2.24) is 5.43 Å². The number of para-hydroxylation sites is 1. The summed E-state index contributed by atoms with van der Waals surface area (Å²) >= 11 is 1.09. The largest absolute Gasteiger partial charge is 0.507 e. The fraction of sp³-hybridized carbons (Fsp3) is 0.105. The van der Waals surface area contributed by atoms with Crippen LogP contribution >= 0.6 is 11.3 Å². The van der Waals surface area contributed by atoms with Crippen LogP contribution in [0.3, 0.4) is 0 Å². The van der Waals surface area contributed by atoms with Crippen molar-refractivity contribution < 1.29 is 27.9 Å². The topological polar surface area (TPSA) is 78.8 Å². The molecular weight excluding hydrogens is 393 g/mol. The van der Waals surface area contributed by atoms with Crippen LogP contribution in [-0.4, -0.2) is 28.7 Å². The predicted octanol–water partition coefficient (Wildman–Crippen LogP) is 4.53. The minimum atomic E-state index is -4.90. The maximum Gasteiger partial charge on any atom is 0.431 e. The number of nitrogens with one attached hydrogen (secondary N) is 1. The molecule has 144 valence electrons. The van der Waals surface area contributed by atoms with Gasteiger partial charge in [0.05, 0.1) is 16.9 Å². The van der Waals surface area contributed by atoms with Gasteiger partial charge in [-0.15, -0.1) is 11.3 Å². The van der Waals surface area contributed by atoms with Gasteiger partial charge >= 0.3 is 6.18 Å². The van der Waals surface area contributed by atoms with Gasteiger partial charge in [0.25, 0.3) is 5.91 Å². The van der Waals surface area contributed by atoms with Gasteiger partial charge in [-0.2, -0.15) is 18.3 Å². The van der Waals surface area contributed by atoms with Gasteiger partial charge in [-0.25, -0.2) is 5.43 Å². The van der Waals surface area contributed by atoms with E-state index in [0.29, 0.717) is 0 Å². The van der Waals surface area contributed by atoms with E-state index in [-0.39, 0.29) is 10.4 Å². The van der Waals surface area contributed by atoms with Crippen LogP contribution in [0.2, 0.25) is 0 Å². The third-order valence-electron chi connectivity index (χ3n) is 3.80. The fourth-order valence-corrected chi connectivity index (χ4v) is 3.41. The molecule has 3 rings (SSSR count). The molecule has 28 heavy (non-hydrogen) atoms. The number of nitrogens with zero attached hydrogens (tertiary/aromatic N) is 1. The van der Waals surface area contributed by atoms with E-state index in [1.165, 1.54) is 30.3 Å². The number of carbonyl (C=O) groups is 2. The number of hydrogen-bond donors (Lipinski definition) is 2. The number of benzene rings is 2. The zero-order valence-corrected chi connectivity index (χ0v) is 15.0. The molecule has 0 atom stereocenters. The molecule has 5 nitrogen and oxygen atoms in total. The second-order valence-electron chi connectivity index (χ2n) is 5.76. The highest BCUT2D eigenvalue weighted by atomic mass is 32.1. The number of phenolic OH excluding ortho intramolecular Hbond substituents is 1. The number of halogens is 3. The van der Waals surface area contributed by atoms with Crippen LogP contribution in [0.4, 0.5) is 13.2 Å². The normalized spacial score (nSPS) is 12.2. The third-order valence-corrected chi connectivity index (χ3v) is 4.95. The van der Waals surface area contributed by atoms with Gasteiger partial charge in [-0.1, -0.05) is 30.3 Å². The molecule has 0 saturated heterocycles. The Morgan fingerprint density at radius 3 is 2.43 bits per heavy atom. The Labute approximate surface area is 161 Å². The van der Waals surface area contributed by atoms with E-state index in [4.69, 9.17) is 0 Å². The van der Waals surface area contributed by atoms with Crippen molar-refractivity contribution in [2.45, 2.75) is 12.6 Å². The van der Waals surface area contributed by atoms with Crippen LogP contribution in [0, 0.1) is 0 Å². The smallest absolute Gasteiger partial charge is 0.431 e. The standard InChI is InChI=1S/C19H13F3N2O3S/c20-19(21,22)17(23-24-18(27)12-6-2-3-7-13(12)25)10-14(26)16-9-11-5-1-4-8-15(11)28-16/h1-9,25H,10H2,(H,24,27). The monoisotopic (exact) mass is 406 g/mol. The zero-order valence-electron chi connectivity index (χ0n) is 14.2. The van der Waals surface area contributed by atoms with Crippen molar-refractivity contribution >= 4 is 38.8 Å². The van der Waals surface area contributed by atoms with E-state index in [1.54, 1.807) is 29.7 Å². The van der Waals surface area contributed by atoms with Gasteiger partial charge < -0.3 is 5.11 Å². The number of hydrazone groups is 1. The molecule has 0 spiro atoms. The van der Waals surface area contributed by atoms with Crippen LogP contribution in [0.15, 0.2) is 59.7 Å². The van der Waals surface area contributed by atoms with Gasteiger partial charge in [0.2, 0.25) is 0 Å². The number of Topliss-reactive ketones (excluding diaryl/α,β-unsaturated/α-hetero) is 1. The van der Waals surface area contributed by atoms with Crippen LogP contribution in [0.25, 0.3) is 10.1 Å². The van der Waals surface area contributed by atoms with Gasteiger partial charge in [0, 0.05) is 4.70 Å².